The molecule has 408 valence electrons. The van der Waals surface area contributed by atoms with Crippen LogP contribution in [0.2, 0.25) is 0 Å². The highest BCUT2D eigenvalue weighted by molar-refractivity contribution is 5.49. The molecule has 72 heavy (non-hydrogen) atoms. The maximum atomic E-state index is 7.22. The number of hydrogen-bond acceptors (Lipinski definition) is 12. The molecule has 2 aliphatic carbocycles. The van der Waals surface area contributed by atoms with Gasteiger partial charge in [0.05, 0.1) is 77.3 Å². The number of benzene rings is 2. The van der Waals surface area contributed by atoms with Gasteiger partial charge in [-0.05, 0) is 140 Å². The summed E-state index contributed by atoms with van der Waals surface area (Å²) in [6.45, 7) is 27.2. The minimum absolute atomic E-state index is 0.0468. The third-order valence-electron chi connectivity index (χ3n) is 16.4. The average molecular weight is 1000 g/mol. The summed E-state index contributed by atoms with van der Waals surface area (Å²) >= 11 is 0. The van der Waals surface area contributed by atoms with Gasteiger partial charge < -0.3 is 38.2 Å². The van der Waals surface area contributed by atoms with E-state index < -0.39 is 0 Å². The van der Waals surface area contributed by atoms with Crippen molar-refractivity contribution in [3.63, 3.8) is 0 Å². The Morgan fingerprint density at radius 2 is 0.778 bits per heavy atom. The zero-order valence-electron chi connectivity index (χ0n) is 47.1. The molecular weight excluding hydrogens is 901 g/mol. The second-order valence-corrected chi connectivity index (χ2v) is 24.1. The summed E-state index contributed by atoms with van der Waals surface area (Å²) in [5, 5.41) is 0. The van der Waals surface area contributed by atoms with Gasteiger partial charge in [0, 0.05) is 87.9 Å². The molecule has 0 N–H and O–H groups in total. The van der Waals surface area contributed by atoms with E-state index in [9.17, 15) is 0 Å². The fourth-order valence-electron chi connectivity index (χ4n) is 11.5. The van der Waals surface area contributed by atoms with Crippen molar-refractivity contribution in [2.24, 2.45) is 23.7 Å². The lowest BCUT2D eigenvalue weighted by molar-refractivity contribution is -0.0528. The summed E-state index contributed by atoms with van der Waals surface area (Å²) < 4.78 is 39.6. The fraction of sp³-hybridized carbons (Fsp3) is 0.800. The Hall–Kier alpha value is -2.36. The molecule has 12 nitrogen and oxygen atoms in total. The summed E-state index contributed by atoms with van der Waals surface area (Å²) in [7, 11) is 9.24. The van der Waals surface area contributed by atoms with Gasteiger partial charge in [0.1, 0.15) is 0 Å². The lowest BCUT2D eigenvalue weighted by atomic mass is 10.0. The van der Waals surface area contributed by atoms with E-state index in [-0.39, 0.29) is 36.5 Å². The van der Waals surface area contributed by atoms with Gasteiger partial charge in [0.25, 0.3) is 0 Å². The normalized spacial score (nSPS) is 30.2. The van der Waals surface area contributed by atoms with Crippen LogP contribution in [0.1, 0.15) is 104 Å². The SMILES string of the molecule is CC(C)C[C@H]1CO[C@H](C)CN(C)[C@@H](CC2CC2)CO[C@H](Cc2ccc(N3CCOCC3)cc2)CN(C)[C@@H](CC(C)C)CO[C@H](C)CN(C)[C@@H](CC2CC2)CO[C@H](Cc2ccc(N3CCOCC3)cc2)CN1C. The molecule has 12 heteroatoms. The molecule has 3 heterocycles. The highest BCUT2D eigenvalue weighted by Crippen LogP contribution is 2.36. The number of likely N-dealkylation sites (N-methyl/N-ethyl adjacent to an activating group) is 4. The number of hydrogen-bond donors (Lipinski definition) is 0. The molecule has 0 unspecified atom stereocenters. The maximum Gasteiger partial charge on any atom is 0.0743 e. The van der Waals surface area contributed by atoms with Gasteiger partial charge in [-0.25, -0.2) is 0 Å². The standard InChI is InChI=1S/C60H102N6O6/c1-45(2)31-55-41-69-47(5)37-61(7)58(34-50-13-14-50)44-72-60(36-52-17-21-54(22-18-52)66-25-29-68-30-26-66)40-64(10)56(32-46(3)4)42-70-48(6)38-62(8)57(33-49-11-12-49)43-71-59(39-63(55)9)35-51-15-19-53(20-16-51)65-23-27-67-28-24-65/h15-22,45-50,55-60H,11-14,23-44H2,1-10H3/t47-,48-,55+,56+,57+,58+,59-,60-/m1/s1. The van der Waals surface area contributed by atoms with Gasteiger partial charge in [0.2, 0.25) is 0 Å². The Morgan fingerprint density at radius 3 is 1.11 bits per heavy atom. The first kappa shape index (κ1) is 57.3. The molecule has 3 saturated heterocycles. The van der Waals surface area contributed by atoms with E-state index >= 15 is 0 Å². The molecule has 8 atom stereocenters. The number of ether oxygens (including phenoxy) is 6. The van der Waals surface area contributed by atoms with Crippen molar-refractivity contribution in [1.82, 2.24) is 19.6 Å². The second-order valence-electron chi connectivity index (χ2n) is 24.1. The second kappa shape index (κ2) is 29.2. The van der Waals surface area contributed by atoms with Crippen molar-refractivity contribution in [3.8, 4) is 0 Å². The quantitative estimate of drug-likeness (QED) is 0.182. The summed E-state index contributed by atoms with van der Waals surface area (Å²) in [4.78, 5) is 15.1. The van der Waals surface area contributed by atoms with E-state index in [4.69, 9.17) is 28.4 Å². The van der Waals surface area contributed by atoms with Crippen LogP contribution in [0, 0.1) is 23.7 Å². The number of morpholine rings is 2. The van der Waals surface area contributed by atoms with Gasteiger partial charge in [-0.15, -0.1) is 0 Å². The predicted molar refractivity (Wildman–Crippen MR) is 296 cm³/mol. The highest BCUT2D eigenvalue weighted by Gasteiger charge is 2.33. The van der Waals surface area contributed by atoms with Gasteiger partial charge in [0.15, 0.2) is 0 Å². The average Bonchev–Trinajstić information content (AvgIpc) is 4.32. The molecule has 2 aromatic rings. The zero-order chi connectivity index (χ0) is 51.0. The Balaban J connectivity index is 1.11. The van der Waals surface area contributed by atoms with Crippen LogP contribution in [0.25, 0.3) is 0 Å². The summed E-state index contributed by atoms with van der Waals surface area (Å²) in [5.74, 6) is 2.68. The molecule has 5 aliphatic rings. The van der Waals surface area contributed by atoms with Crippen LogP contribution in [0.15, 0.2) is 48.5 Å². The summed E-state index contributed by atoms with van der Waals surface area (Å²) in [5.41, 5.74) is 5.22. The third-order valence-corrected chi connectivity index (χ3v) is 16.4. The topological polar surface area (TPSA) is 74.8 Å². The van der Waals surface area contributed by atoms with Crippen molar-refractivity contribution in [1.29, 1.82) is 0 Å². The third kappa shape index (κ3) is 19.6. The first-order valence-electron chi connectivity index (χ1n) is 28.8. The minimum atomic E-state index is 0.0468. The van der Waals surface area contributed by atoms with Crippen LogP contribution in [0.5, 0.6) is 0 Å². The van der Waals surface area contributed by atoms with Gasteiger partial charge >= 0.3 is 0 Å². The predicted octanol–water partition coefficient (Wildman–Crippen LogP) is 8.63. The molecule has 0 radical (unpaired) electrons. The highest BCUT2D eigenvalue weighted by atomic mass is 16.5. The van der Waals surface area contributed by atoms with Crippen LogP contribution >= 0.6 is 0 Å². The van der Waals surface area contributed by atoms with Crippen molar-refractivity contribution >= 4 is 11.4 Å². The zero-order valence-corrected chi connectivity index (χ0v) is 47.1. The van der Waals surface area contributed by atoms with Crippen molar-refractivity contribution < 1.29 is 28.4 Å². The molecule has 7 rings (SSSR count). The van der Waals surface area contributed by atoms with Crippen LogP contribution in [0.4, 0.5) is 11.4 Å². The molecular formula is C60H102N6O6. The van der Waals surface area contributed by atoms with E-state index in [0.717, 1.165) is 130 Å². The van der Waals surface area contributed by atoms with E-state index in [1.54, 1.807) is 0 Å². The monoisotopic (exact) mass is 1000 g/mol. The van der Waals surface area contributed by atoms with Crippen LogP contribution < -0.4 is 9.80 Å². The largest absolute Gasteiger partial charge is 0.378 e. The molecule has 0 spiro atoms. The van der Waals surface area contributed by atoms with E-state index in [1.165, 1.54) is 61.0 Å². The molecule has 0 bridgehead atoms. The first-order chi connectivity index (χ1) is 34.7. The lowest BCUT2D eigenvalue weighted by Crippen LogP contribution is -2.47. The molecule has 0 aromatic heterocycles. The molecule has 0 amide bonds. The first-order valence-corrected chi connectivity index (χ1v) is 28.8. The van der Waals surface area contributed by atoms with Crippen LogP contribution in [-0.2, 0) is 41.3 Å². The summed E-state index contributed by atoms with van der Waals surface area (Å²) in [6.07, 6.45) is 11.9. The Bertz CT molecular complexity index is 1650. The van der Waals surface area contributed by atoms with Crippen molar-refractivity contribution in [2.75, 3.05) is 143 Å². The maximum absolute atomic E-state index is 7.22. The van der Waals surface area contributed by atoms with Gasteiger partial charge in [-0.3, -0.25) is 19.6 Å². The number of anilines is 2. The van der Waals surface area contributed by atoms with E-state index in [1.807, 2.05) is 0 Å². The van der Waals surface area contributed by atoms with Crippen molar-refractivity contribution in [2.45, 2.75) is 154 Å². The Kier molecular flexibility index (Phi) is 23.3. The van der Waals surface area contributed by atoms with Crippen molar-refractivity contribution in [3.05, 3.63) is 59.7 Å². The van der Waals surface area contributed by atoms with Crippen LogP contribution in [0.3, 0.4) is 0 Å². The Morgan fingerprint density at radius 1 is 0.444 bits per heavy atom. The van der Waals surface area contributed by atoms with E-state index in [2.05, 4.69) is 148 Å². The lowest BCUT2D eigenvalue weighted by Gasteiger charge is -2.37. The van der Waals surface area contributed by atoms with E-state index in [0.29, 0.717) is 37.1 Å². The molecule has 2 aromatic carbocycles. The smallest absolute Gasteiger partial charge is 0.0743 e. The fourth-order valence-corrected chi connectivity index (χ4v) is 11.5. The van der Waals surface area contributed by atoms with Gasteiger partial charge in [-0.2, -0.15) is 0 Å². The van der Waals surface area contributed by atoms with Crippen LogP contribution in [-0.4, -0.2) is 202 Å². The number of rotatable bonds is 14. The summed E-state index contributed by atoms with van der Waals surface area (Å²) in [6, 6.07) is 19.8. The Labute approximate surface area is 438 Å². The minimum Gasteiger partial charge on any atom is -0.378 e. The van der Waals surface area contributed by atoms with Gasteiger partial charge in [-0.1, -0.05) is 77.6 Å². The molecule has 2 saturated carbocycles. The molecule has 3 aliphatic heterocycles. The number of nitrogens with zero attached hydrogens (tertiary/aromatic N) is 6. The molecule has 5 fully saturated rings.